The molecule has 0 radical (unpaired) electrons. The Morgan fingerprint density at radius 1 is 0.788 bits per heavy atom. The summed E-state index contributed by atoms with van der Waals surface area (Å²) >= 11 is 0. The molecule has 2 heterocycles. The van der Waals surface area contributed by atoms with Gasteiger partial charge in [-0.3, -0.25) is 0 Å². The highest BCUT2D eigenvalue weighted by atomic mass is 16.5. The van der Waals surface area contributed by atoms with E-state index in [4.69, 9.17) is 14.5 Å². The topological polar surface area (TPSA) is 34.6 Å². The SMILES string of the molecule is Cc1c(COc2cccc(N3CCCCC3)c2)nc2ccccc2c1OCc1ccccc1. The number of pyridine rings is 1. The van der Waals surface area contributed by atoms with Crippen LogP contribution in [-0.4, -0.2) is 18.1 Å². The van der Waals surface area contributed by atoms with E-state index in [2.05, 4.69) is 48.2 Å². The number of aromatic nitrogens is 1. The van der Waals surface area contributed by atoms with Crippen molar-refractivity contribution in [3.8, 4) is 11.5 Å². The maximum atomic E-state index is 6.33. The second kappa shape index (κ2) is 9.95. The maximum Gasteiger partial charge on any atom is 0.134 e. The molecule has 0 N–H and O–H groups in total. The minimum absolute atomic E-state index is 0.405. The molecule has 0 spiro atoms. The highest BCUT2D eigenvalue weighted by Crippen LogP contribution is 2.32. The zero-order chi connectivity index (χ0) is 22.5. The van der Waals surface area contributed by atoms with Crippen LogP contribution in [0.1, 0.15) is 36.1 Å². The average Bonchev–Trinajstić information content (AvgIpc) is 2.88. The van der Waals surface area contributed by atoms with Crippen LogP contribution in [0.25, 0.3) is 10.9 Å². The van der Waals surface area contributed by atoms with E-state index in [9.17, 15) is 0 Å². The number of hydrogen-bond acceptors (Lipinski definition) is 4. The van der Waals surface area contributed by atoms with Gasteiger partial charge in [0.2, 0.25) is 0 Å². The van der Waals surface area contributed by atoms with Crippen molar-refractivity contribution in [3.63, 3.8) is 0 Å². The Morgan fingerprint density at radius 3 is 2.42 bits per heavy atom. The predicted molar refractivity (Wildman–Crippen MR) is 134 cm³/mol. The lowest BCUT2D eigenvalue weighted by molar-refractivity contribution is 0.292. The summed E-state index contributed by atoms with van der Waals surface area (Å²) in [7, 11) is 0. The van der Waals surface area contributed by atoms with Gasteiger partial charge in [-0.1, -0.05) is 48.5 Å². The fourth-order valence-electron chi connectivity index (χ4n) is 4.46. The van der Waals surface area contributed by atoms with Gasteiger partial charge in [0, 0.05) is 35.8 Å². The fraction of sp³-hybridized carbons (Fsp3) is 0.276. The lowest BCUT2D eigenvalue weighted by Gasteiger charge is -2.29. The third-order valence-electron chi connectivity index (χ3n) is 6.32. The van der Waals surface area contributed by atoms with E-state index in [1.165, 1.54) is 24.9 Å². The smallest absolute Gasteiger partial charge is 0.134 e. The monoisotopic (exact) mass is 438 g/mol. The molecule has 0 unspecified atom stereocenters. The summed E-state index contributed by atoms with van der Waals surface area (Å²) in [5, 5.41) is 1.03. The quantitative estimate of drug-likeness (QED) is 0.322. The molecule has 4 aromatic rings. The van der Waals surface area contributed by atoms with E-state index >= 15 is 0 Å². The number of rotatable bonds is 7. The van der Waals surface area contributed by atoms with Crippen LogP contribution in [0.3, 0.4) is 0 Å². The first-order valence-corrected chi connectivity index (χ1v) is 11.8. The van der Waals surface area contributed by atoms with Crippen LogP contribution in [0.4, 0.5) is 5.69 Å². The van der Waals surface area contributed by atoms with Crippen LogP contribution < -0.4 is 14.4 Å². The van der Waals surface area contributed by atoms with Crippen molar-refractivity contribution in [3.05, 3.63) is 95.7 Å². The summed E-state index contributed by atoms with van der Waals surface area (Å²) in [4.78, 5) is 7.35. The molecule has 0 saturated carbocycles. The molecule has 4 heteroatoms. The Morgan fingerprint density at radius 2 is 1.58 bits per heavy atom. The van der Waals surface area contributed by atoms with Crippen LogP contribution in [0.5, 0.6) is 11.5 Å². The van der Waals surface area contributed by atoms with Gasteiger partial charge in [-0.2, -0.15) is 0 Å². The first kappa shape index (κ1) is 21.3. The van der Waals surface area contributed by atoms with E-state index in [-0.39, 0.29) is 0 Å². The van der Waals surface area contributed by atoms with E-state index in [1.54, 1.807) is 0 Å². The van der Waals surface area contributed by atoms with E-state index in [1.807, 2.05) is 42.5 Å². The number of ether oxygens (including phenoxy) is 2. The van der Waals surface area contributed by atoms with E-state index < -0.39 is 0 Å². The summed E-state index contributed by atoms with van der Waals surface area (Å²) in [6, 6.07) is 26.8. The van der Waals surface area contributed by atoms with Gasteiger partial charge in [0.15, 0.2) is 0 Å². The lowest BCUT2D eigenvalue weighted by Crippen LogP contribution is -2.29. The first-order valence-electron chi connectivity index (χ1n) is 11.8. The molecule has 0 bridgehead atoms. The molecule has 1 saturated heterocycles. The Labute approximate surface area is 195 Å². The molecule has 1 aliphatic rings. The number of piperidine rings is 1. The van der Waals surface area contributed by atoms with E-state index in [0.717, 1.165) is 52.3 Å². The van der Waals surface area contributed by atoms with Gasteiger partial charge in [-0.25, -0.2) is 4.98 Å². The molecule has 4 nitrogen and oxygen atoms in total. The van der Waals surface area contributed by atoms with Crippen LogP contribution in [0, 0.1) is 6.92 Å². The van der Waals surface area contributed by atoms with Gasteiger partial charge in [0.1, 0.15) is 24.7 Å². The second-order valence-corrected chi connectivity index (χ2v) is 8.64. The molecular weight excluding hydrogens is 408 g/mol. The van der Waals surface area contributed by atoms with Gasteiger partial charge in [0.05, 0.1) is 11.2 Å². The van der Waals surface area contributed by atoms with Gasteiger partial charge in [-0.15, -0.1) is 0 Å². The number of fused-ring (bicyclic) bond motifs is 1. The number of para-hydroxylation sites is 1. The highest BCUT2D eigenvalue weighted by Gasteiger charge is 2.15. The minimum Gasteiger partial charge on any atom is -0.488 e. The highest BCUT2D eigenvalue weighted by molar-refractivity contribution is 5.86. The molecular formula is C29H30N2O2. The summed E-state index contributed by atoms with van der Waals surface area (Å²) in [5.41, 5.74) is 5.23. The normalized spacial score (nSPS) is 13.8. The Bertz CT molecular complexity index is 1220. The lowest BCUT2D eigenvalue weighted by atomic mass is 10.1. The van der Waals surface area contributed by atoms with Gasteiger partial charge in [-0.05, 0) is 56.0 Å². The molecule has 0 amide bonds. The molecule has 1 aromatic heterocycles. The second-order valence-electron chi connectivity index (χ2n) is 8.64. The molecule has 0 atom stereocenters. The number of benzene rings is 3. The standard InChI is InChI=1S/C29H30N2O2/c1-22-28(21-32-25-14-10-13-24(19-25)31-17-8-3-9-18-31)30-27-16-7-6-15-26(27)29(22)33-20-23-11-4-2-5-12-23/h2,4-7,10-16,19H,3,8-9,17-18,20-21H2,1H3. The minimum atomic E-state index is 0.405. The maximum absolute atomic E-state index is 6.33. The van der Waals surface area contributed by atoms with Crippen molar-refractivity contribution in [1.29, 1.82) is 0 Å². The van der Waals surface area contributed by atoms with Crippen LogP contribution in [0.15, 0.2) is 78.9 Å². The molecule has 0 aliphatic carbocycles. The van der Waals surface area contributed by atoms with Gasteiger partial charge < -0.3 is 14.4 Å². The molecule has 3 aromatic carbocycles. The Kier molecular flexibility index (Phi) is 6.43. The van der Waals surface area contributed by atoms with Crippen LogP contribution in [0.2, 0.25) is 0 Å². The average molecular weight is 439 g/mol. The first-order chi connectivity index (χ1) is 16.3. The van der Waals surface area contributed by atoms with Crippen molar-refractivity contribution in [2.75, 3.05) is 18.0 Å². The molecule has 1 aliphatic heterocycles. The number of nitrogens with zero attached hydrogens (tertiary/aromatic N) is 2. The summed E-state index contributed by atoms with van der Waals surface area (Å²) in [6.07, 6.45) is 3.85. The predicted octanol–water partition coefficient (Wildman–Crippen LogP) is 6.69. The van der Waals surface area contributed by atoms with Crippen molar-refractivity contribution in [2.24, 2.45) is 0 Å². The van der Waals surface area contributed by atoms with Crippen molar-refractivity contribution >= 4 is 16.6 Å². The van der Waals surface area contributed by atoms with Gasteiger partial charge >= 0.3 is 0 Å². The van der Waals surface area contributed by atoms with Crippen LogP contribution in [-0.2, 0) is 13.2 Å². The molecule has 33 heavy (non-hydrogen) atoms. The summed E-state index contributed by atoms with van der Waals surface area (Å²) in [6.45, 7) is 5.24. The van der Waals surface area contributed by atoms with Crippen molar-refractivity contribution in [2.45, 2.75) is 39.4 Å². The third kappa shape index (κ3) is 4.95. The van der Waals surface area contributed by atoms with Gasteiger partial charge in [0.25, 0.3) is 0 Å². The zero-order valence-corrected chi connectivity index (χ0v) is 19.2. The van der Waals surface area contributed by atoms with E-state index in [0.29, 0.717) is 13.2 Å². The Balaban J connectivity index is 1.37. The molecule has 5 rings (SSSR count). The summed E-state index contributed by atoms with van der Waals surface area (Å²) in [5.74, 6) is 1.75. The Hall–Kier alpha value is -3.53. The largest absolute Gasteiger partial charge is 0.488 e. The zero-order valence-electron chi connectivity index (χ0n) is 19.2. The number of hydrogen-bond donors (Lipinski definition) is 0. The summed E-state index contributed by atoms with van der Waals surface area (Å²) < 4.78 is 12.6. The number of anilines is 1. The fourth-order valence-corrected chi connectivity index (χ4v) is 4.46. The van der Waals surface area contributed by atoms with Crippen molar-refractivity contribution in [1.82, 2.24) is 4.98 Å². The molecule has 1 fully saturated rings. The third-order valence-corrected chi connectivity index (χ3v) is 6.32. The van der Waals surface area contributed by atoms with Crippen molar-refractivity contribution < 1.29 is 9.47 Å². The molecule has 168 valence electrons. The van der Waals surface area contributed by atoms with Crippen LogP contribution >= 0.6 is 0 Å².